The van der Waals surface area contributed by atoms with Gasteiger partial charge in [-0.2, -0.15) is 4.31 Å². The van der Waals surface area contributed by atoms with Crippen LogP contribution in [0.15, 0.2) is 47.4 Å². The van der Waals surface area contributed by atoms with Gasteiger partial charge >= 0.3 is 0 Å². The summed E-state index contributed by atoms with van der Waals surface area (Å²) >= 11 is 6.14. The molecule has 1 aliphatic rings. The summed E-state index contributed by atoms with van der Waals surface area (Å²) in [6, 6.07) is 12.1. The number of carbonyl (C=O) groups excluding carboxylic acids is 1. The van der Waals surface area contributed by atoms with E-state index in [9.17, 15) is 13.2 Å². The Kier molecular flexibility index (Phi) is 5.58. The van der Waals surface area contributed by atoms with Gasteiger partial charge in [0.1, 0.15) is 10.7 Å². The monoisotopic (exact) mass is 432 g/mol. The highest BCUT2D eigenvalue weighted by atomic mass is 35.5. The number of hydrogen-bond donors (Lipinski definition) is 2. The highest BCUT2D eigenvalue weighted by molar-refractivity contribution is 7.89. The van der Waals surface area contributed by atoms with E-state index in [0.717, 1.165) is 29.7 Å². The molecule has 152 valence electrons. The molecule has 2 N–H and O–H groups in total. The fraction of sp³-hybridized carbons (Fsp3) is 0.300. The van der Waals surface area contributed by atoms with Crippen molar-refractivity contribution >= 4 is 38.6 Å². The van der Waals surface area contributed by atoms with Gasteiger partial charge in [-0.3, -0.25) is 4.79 Å². The Morgan fingerprint density at radius 2 is 1.93 bits per heavy atom. The Bertz CT molecular complexity index is 1120. The van der Waals surface area contributed by atoms with Crippen molar-refractivity contribution in [3.63, 3.8) is 0 Å². The largest absolute Gasteiger partial charge is 0.352 e. The first-order valence-electron chi connectivity index (χ1n) is 9.47. The van der Waals surface area contributed by atoms with Crippen LogP contribution in [0, 0.1) is 0 Å². The van der Waals surface area contributed by atoms with Gasteiger partial charge in [0.05, 0.1) is 16.1 Å². The minimum absolute atomic E-state index is 0.0222. The quantitative estimate of drug-likeness (QED) is 0.626. The summed E-state index contributed by atoms with van der Waals surface area (Å²) in [7, 11) is -3.70. The summed E-state index contributed by atoms with van der Waals surface area (Å²) in [5.74, 6) is 0.426. The summed E-state index contributed by atoms with van der Waals surface area (Å²) in [5, 5.41) is 2.93. The number of amides is 1. The number of hydrogen-bond acceptors (Lipinski definition) is 4. The molecule has 29 heavy (non-hydrogen) atoms. The molecule has 7 nitrogen and oxygen atoms in total. The van der Waals surface area contributed by atoms with Crippen LogP contribution in [0.5, 0.6) is 0 Å². The van der Waals surface area contributed by atoms with Gasteiger partial charge in [0, 0.05) is 31.6 Å². The molecule has 0 spiro atoms. The minimum Gasteiger partial charge on any atom is -0.352 e. The van der Waals surface area contributed by atoms with Crippen molar-refractivity contribution in [1.29, 1.82) is 0 Å². The van der Waals surface area contributed by atoms with Crippen molar-refractivity contribution in [3.05, 3.63) is 58.9 Å². The van der Waals surface area contributed by atoms with E-state index >= 15 is 0 Å². The molecule has 1 amide bonds. The number of aromatic amines is 1. The normalized spacial score (nSPS) is 15.1. The molecule has 3 aromatic rings. The van der Waals surface area contributed by atoms with E-state index in [0.29, 0.717) is 26.1 Å². The third-order valence-electron chi connectivity index (χ3n) is 4.96. The Morgan fingerprint density at radius 1 is 1.17 bits per heavy atom. The molecule has 1 saturated heterocycles. The van der Waals surface area contributed by atoms with Crippen molar-refractivity contribution in [1.82, 2.24) is 19.6 Å². The number of nitrogens with zero attached hydrogens (tertiary/aromatic N) is 2. The molecular weight excluding hydrogens is 412 g/mol. The summed E-state index contributed by atoms with van der Waals surface area (Å²) in [6.07, 6.45) is 2.20. The maximum Gasteiger partial charge on any atom is 0.251 e. The van der Waals surface area contributed by atoms with Crippen LogP contribution in [0.3, 0.4) is 0 Å². The molecule has 0 unspecified atom stereocenters. The number of imidazole rings is 1. The van der Waals surface area contributed by atoms with E-state index in [2.05, 4.69) is 15.3 Å². The average molecular weight is 433 g/mol. The molecule has 0 bridgehead atoms. The van der Waals surface area contributed by atoms with Crippen molar-refractivity contribution in [2.75, 3.05) is 19.6 Å². The first-order valence-corrected chi connectivity index (χ1v) is 11.3. The number of fused-ring (bicyclic) bond motifs is 1. The lowest BCUT2D eigenvalue weighted by Crippen LogP contribution is -2.29. The van der Waals surface area contributed by atoms with Gasteiger partial charge in [-0.1, -0.05) is 23.7 Å². The second kappa shape index (κ2) is 8.14. The number of halogens is 1. The van der Waals surface area contributed by atoms with Crippen LogP contribution in [-0.4, -0.2) is 48.2 Å². The molecule has 2 aromatic carbocycles. The molecular formula is C20H21ClN4O3S. The maximum atomic E-state index is 12.8. The number of rotatable bonds is 6. The van der Waals surface area contributed by atoms with Crippen LogP contribution in [0.2, 0.25) is 5.02 Å². The fourth-order valence-electron chi connectivity index (χ4n) is 3.43. The molecule has 4 rings (SSSR count). The molecule has 9 heteroatoms. The lowest BCUT2D eigenvalue weighted by atomic mass is 10.2. The third kappa shape index (κ3) is 4.14. The van der Waals surface area contributed by atoms with Crippen LogP contribution in [-0.2, 0) is 16.4 Å². The lowest BCUT2D eigenvalue weighted by molar-refractivity contribution is 0.0954. The van der Waals surface area contributed by atoms with Gasteiger partial charge in [-0.25, -0.2) is 13.4 Å². The number of carbonyl (C=O) groups is 1. The summed E-state index contributed by atoms with van der Waals surface area (Å²) in [4.78, 5) is 20.2. The van der Waals surface area contributed by atoms with E-state index in [1.165, 1.54) is 22.5 Å². The number of nitrogens with one attached hydrogen (secondary N) is 2. The zero-order valence-electron chi connectivity index (χ0n) is 15.7. The van der Waals surface area contributed by atoms with Crippen molar-refractivity contribution in [3.8, 4) is 0 Å². The zero-order valence-corrected chi connectivity index (χ0v) is 17.3. The zero-order chi connectivity index (χ0) is 20.4. The number of benzene rings is 2. The number of aromatic nitrogens is 2. The molecule has 0 saturated carbocycles. The second-order valence-corrected chi connectivity index (χ2v) is 9.28. The molecule has 1 aliphatic heterocycles. The predicted octanol–water partition coefficient (Wildman–Crippen LogP) is 2.97. The van der Waals surface area contributed by atoms with E-state index in [-0.39, 0.29) is 21.4 Å². The number of H-pyrrole nitrogens is 1. The Balaban J connectivity index is 1.44. The van der Waals surface area contributed by atoms with Gasteiger partial charge in [0.2, 0.25) is 10.0 Å². The second-order valence-electron chi connectivity index (χ2n) is 6.96. The fourth-order valence-corrected chi connectivity index (χ4v) is 5.45. The first-order chi connectivity index (χ1) is 13.9. The maximum absolute atomic E-state index is 12.8. The van der Waals surface area contributed by atoms with Crippen LogP contribution in [0.25, 0.3) is 11.0 Å². The Labute approximate surface area is 174 Å². The van der Waals surface area contributed by atoms with Gasteiger partial charge in [-0.05, 0) is 43.2 Å². The molecule has 0 atom stereocenters. The van der Waals surface area contributed by atoms with Gasteiger partial charge in [-0.15, -0.1) is 0 Å². The summed E-state index contributed by atoms with van der Waals surface area (Å²) in [5.41, 5.74) is 2.09. The lowest BCUT2D eigenvalue weighted by Gasteiger charge is -2.17. The van der Waals surface area contributed by atoms with Crippen LogP contribution >= 0.6 is 11.6 Å². The van der Waals surface area contributed by atoms with E-state index in [1.807, 2.05) is 24.3 Å². The topological polar surface area (TPSA) is 95.2 Å². The van der Waals surface area contributed by atoms with Crippen molar-refractivity contribution in [2.45, 2.75) is 24.2 Å². The Morgan fingerprint density at radius 3 is 2.69 bits per heavy atom. The molecule has 1 aromatic heterocycles. The molecule has 0 radical (unpaired) electrons. The smallest absolute Gasteiger partial charge is 0.251 e. The Hall–Kier alpha value is -2.42. The van der Waals surface area contributed by atoms with Gasteiger partial charge < -0.3 is 10.3 Å². The van der Waals surface area contributed by atoms with Gasteiger partial charge in [0.25, 0.3) is 5.91 Å². The highest BCUT2D eigenvalue weighted by Crippen LogP contribution is 2.28. The van der Waals surface area contributed by atoms with Gasteiger partial charge in [0.15, 0.2) is 0 Å². The first kappa shape index (κ1) is 19.9. The number of para-hydroxylation sites is 2. The van der Waals surface area contributed by atoms with Crippen LogP contribution < -0.4 is 5.32 Å². The van der Waals surface area contributed by atoms with Crippen molar-refractivity contribution < 1.29 is 13.2 Å². The summed E-state index contributed by atoms with van der Waals surface area (Å²) in [6.45, 7) is 1.33. The average Bonchev–Trinajstić information content (AvgIpc) is 3.38. The van der Waals surface area contributed by atoms with E-state index < -0.39 is 10.0 Å². The molecule has 2 heterocycles. The number of sulfonamides is 1. The van der Waals surface area contributed by atoms with Crippen molar-refractivity contribution in [2.24, 2.45) is 0 Å². The minimum atomic E-state index is -3.70. The SMILES string of the molecule is O=C(NCCc1nc2ccccc2[nH]1)c1ccc(Cl)c(S(=O)(=O)N2CCCC2)c1. The van der Waals surface area contributed by atoms with E-state index in [1.54, 1.807) is 0 Å². The standard InChI is InChI=1S/C20H21ClN4O3S/c21-15-8-7-14(13-18(15)29(27,28)25-11-3-4-12-25)20(26)22-10-9-19-23-16-5-1-2-6-17(16)24-19/h1-2,5-8,13H,3-4,9-12H2,(H,22,26)(H,23,24). The summed E-state index contributed by atoms with van der Waals surface area (Å²) < 4.78 is 27.0. The molecule has 1 fully saturated rings. The van der Waals surface area contributed by atoms with Crippen LogP contribution in [0.4, 0.5) is 0 Å². The van der Waals surface area contributed by atoms with Crippen LogP contribution in [0.1, 0.15) is 29.0 Å². The van der Waals surface area contributed by atoms with E-state index in [4.69, 9.17) is 11.6 Å². The highest BCUT2D eigenvalue weighted by Gasteiger charge is 2.29. The predicted molar refractivity (Wildman–Crippen MR) is 112 cm³/mol. The molecule has 0 aliphatic carbocycles. The third-order valence-corrected chi connectivity index (χ3v) is 7.34.